The summed E-state index contributed by atoms with van der Waals surface area (Å²) >= 11 is 0. The first kappa shape index (κ1) is 16.6. The number of aromatic nitrogens is 3. The zero-order valence-electron chi connectivity index (χ0n) is 14.8. The maximum atomic E-state index is 12.7. The average molecular weight is 349 g/mol. The van der Waals surface area contributed by atoms with Gasteiger partial charge in [-0.15, -0.1) is 5.10 Å². The molecule has 4 rings (SSSR count). The highest BCUT2D eigenvalue weighted by Crippen LogP contribution is 2.16. The van der Waals surface area contributed by atoms with Crippen LogP contribution in [0.3, 0.4) is 0 Å². The zero-order chi connectivity index (χ0) is 17.8. The van der Waals surface area contributed by atoms with Crippen molar-refractivity contribution in [2.75, 3.05) is 31.1 Å². The van der Waals surface area contributed by atoms with E-state index in [4.69, 9.17) is 0 Å². The van der Waals surface area contributed by atoms with Crippen molar-refractivity contribution in [1.82, 2.24) is 19.7 Å². The van der Waals surface area contributed by atoms with Crippen LogP contribution in [-0.4, -0.2) is 51.8 Å². The van der Waals surface area contributed by atoms with Gasteiger partial charge in [-0.3, -0.25) is 4.79 Å². The highest BCUT2D eigenvalue weighted by atomic mass is 16.2. The van der Waals surface area contributed by atoms with Crippen LogP contribution >= 0.6 is 0 Å². The highest BCUT2D eigenvalue weighted by Gasteiger charge is 2.19. The fraction of sp³-hybridized carbons (Fsp3) is 0.350. The van der Waals surface area contributed by atoms with E-state index in [1.807, 2.05) is 29.2 Å². The number of aryl methyl sites for hydroxylation is 1. The molecule has 1 fully saturated rings. The number of benzene rings is 1. The third-order valence-corrected chi connectivity index (χ3v) is 4.98. The van der Waals surface area contributed by atoms with Crippen molar-refractivity contribution < 1.29 is 4.79 Å². The van der Waals surface area contributed by atoms with E-state index in [9.17, 15) is 4.79 Å². The lowest BCUT2D eigenvalue weighted by Gasteiger charge is -2.22. The monoisotopic (exact) mass is 349 g/mol. The van der Waals surface area contributed by atoms with Gasteiger partial charge in [-0.2, -0.15) is 5.10 Å². The van der Waals surface area contributed by atoms with Crippen molar-refractivity contribution in [2.45, 2.75) is 19.4 Å². The Morgan fingerprint density at radius 3 is 2.81 bits per heavy atom. The van der Waals surface area contributed by atoms with Gasteiger partial charge < -0.3 is 14.4 Å². The molecule has 1 saturated heterocycles. The predicted octanol–water partition coefficient (Wildman–Crippen LogP) is 2.56. The van der Waals surface area contributed by atoms with E-state index in [0.717, 1.165) is 45.0 Å². The van der Waals surface area contributed by atoms with Gasteiger partial charge in [0.1, 0.15) is 0 Å². The molecule has 0 bridgehead atoms. The van der Waals surface area contributed by atoms with Crippen LogP contribution in [0.4, 0.5) is 5.82 Å². The fourth-order valence-corrected chi connectivity index (χ4v) is 3.57. The van der Waals surface area contributed by atoms with E-state index < -0.39 is 0 Å². The molecule has 26 heavy (non-hydrogen) atoms. The molecule has 1 amide bonds. The number of hydrogen-bond donors (Lipinski definition) is 0. The lowest BCUT2D eigenvalue weighted by atomic mass is 10.2. The van der Waals surface area contributed by atoms with E-state index in [0.29, 0.717) is 6.42 Å². The molecule has 134 valence electrons. The molecule has 0 aliphatic carbocycles. The summed E-state index contributed by atoms with van der Waals surface area (Å²) in [5.74, 6) is 1.12. The summed E-state index contributed by atoms with van der Waals surface area (Å²) < 4.78 is 2.16. The van der Waals surface area contributed by atoms with E-state index in [-0.39, 0.29) is 5.91 Å². The zero-order valence-corrected chi connectivity index (χ0v) is 14.8. The number of para-hydroxylation sites is 1. The normalized spacial score (nSPS) is 15.2. The Hall–Kier alpha value is -2.89. The van der Waals surface area contributed by atoms with Crippen LogP contribution in [-0.2, 0) is 11.3 Å². The third kappa shape index (κ3) is 3.54. The largest absolute Gasteiger partial charge is 0.353 e. The Labute approximate surface area is 153 Å². The molecule has 0 radical (unpaired) electrons. The molecule has 1 aliphatic heterocycles. The Balaban J connectivity index is 1.35. The summed E-state index contributed by atoms with van der Waals surface area (Å²) in [5, 5.41) is 9.35. The highest BCUT2D eigenvalue weighted by molar-refractivity contribution is 5.80. The molecule has 1 aromatic carbocycles. The molecular formula is C20H23N5O. The van der Waals surface area contributed by atoms with Crippen LogP contribution < -0.4 is 4.90 Å². The quantitative estimate of drug-likeness (QED) is 0.726. The number of anilines is 1. The molecule has 0 unspecified atom stereocenters. The summed E-state index contributed by atoms with van der Waals surface area (Å²) in [6.07, 6.45) is 5.23. The van der Waals surface area contributed by atoms with Crippen LogP contribution in [0, 0.1) is 0 Å². The second kappa shape index (κ2) is 7.56. The smallest absolute Gasteiger partial charge is 0.224 e. The number of fused-ring (bicyclic) bond motifs is 1. The van der Waals surface area contributed by atoms with Crippen LogP contribution in [0.5, 0.6) is 0 Å². The number of rotatable bonds is 4. The van der Waals surface area contributed by atoms with E-state index in [1.54, 1.807) is 6.20 Å². The summed E-state index contributed by atoms with van der Waals surface area (Å²) in [6.45, 7) is 3.97. The molecule has 0 spiro atoms. The minimum atomic E-state index is 0.226. The maximum absolute atomic E-state index is 12.7. The van der Waals surface area contributed by atoms with E-state index >= 15 is 0 Å². The molecule has 0 saturated carbocycles. The minimum absolute atomic E-state index is 0.226. The van der Waals surface area contributed by atoms with Crippen molar-refractivity contribution >= 4 is 22.6 Å². The number of carbonyl (C=O) groups is 1. The molecule has 6 heteroatoms. The van der Waals surface area contributed by atoms with Gasteiger partial charge in [-0.25, -0.2) is 0 Å². The molecule has 3 aromatic rings. The average Bonchev–Trinajstić information content (AvgIpc) is 2.94. The Bertz CT molecular complexity index is 876. The summed E-state index contributed by atoms with van der Waals surface area (Å²) in [5.41, 5.74) is 1.19. The van der Waals surface area contributed by atoms with Crippen molar-refractivity contribution in [1.29, 1.82) is 0 Å². The third-order valence-electron chi connectivity index (χ3n) is 4.98. The number of carbonyl (C=O) groups excluding carboxylic acids is 1. The van der Waals surface area contributed by atoms with Gasteiger partial charge in [0.25, 0.3) is 0 Å². The molecule has 0 N–H and O–H groups in total. The molecular weight excluding hydrogens is 326 g/mol. The van der Waals surface area contributed by atoms with Crippen LogP contribution in [0.1, 0.15) is 12.8 Å². The van der Waals surface area contributed by atoms with Gasteiger partial charge in [-0.05, 0) is 36.1 Å². The number of nitrogens with zero attached hydrogens (tertiary/aromatic N) is 5. The standard InChI is InChI=1S/C20H23N5O/c26-20(9-14-23-13-8-17-5-1-2-6-18(17)23)25-12-4-11-24(15-16-25)19-7-3-10-21-22-19/h1-3,5-8,10,13H,4,9,11-12,14-16H2. The van der Waals surface area contributed by atoms with Gasteiger partial charge in [0.05, 0.1) is 0 Å². The Morgan fingerprint density at radius 2 is 1.92 bits per heavy atom. The second-order valence-electron chi connectivity index (χ2n) is 6.62. The minimum Gasteiger partial charge on any atom is -0.353 e. The Kier molecular flexibility index (Phi) is 4.82. The van der Waals surface area contributed by atoms with Crippen LogP contribution in [0.25, 0.3) is 10.9 Å². The van der Waals surface area contributed by atoms with E-state index in [1.165, 1.54) is 10.9 Å². The first-order valence-corrected chi connectivity index (χ1v) is 9.15. The van der Waals surface area contributed by atoms with Crippen LogP contribution in [0.2, 0.25) is 0 Å². The predicted molar refractivity (Wildman–Crippen MR) is 102 cm³/mol. The van der Waals surface area contributed by atoms with Crippen molar-refractivity contribution in [2.24, 2.45) is 0 Å². The van der Waals surface area contributed by atoms with Crippen molar-refractivity contribution in [3.05, 3.63) is 54.9 Å². The SMILES string of the molecule is O=C(CCn1ccc2ccccc21)N1CCCN(c2cccnn2)CC1. The lowest BCUT2D eigenvalue weighted by Crippen LogP contribution is -2.35. The first-order chi connectivity index (χ1) is 12.8. The van der Waals surface area contributed by atoms with Crippen LogP contribution in [0.15, 0.2) is 54.9 Å². The molecule has 6 nitrogen and oxygen atoms in total. The van der Waals surface area contributed by atoms with Crippen molar-refractivity contribution in [3.63, 3.8) is 0 Å². The summed E-state index contributed by atoms with van der Waals surface area (Å²) in [6, 6.07) is 14.3. The first-order valence-electron chi connectivity index (χ1n) is 9.15. The van der Waals surface area contributed by atoms with Crippen molar-refractivity contribution in [3.8, 4) is 0 Å². The van der Waals surface area contributed by atoms with E-state index in [2.05, 4.69) is 44.1 Å². The van der Waals surface area contributed by atoms with Gasteiger partial charge in [0.15, 0.2) is 5.82 Å². The fourth-order valence-electron chi connectivity index (χ4n) is 3.57. The van der Waals surface area contributed by atoms with Gasteiger partial charge in [-0.1, -0.05) is 18.2 Å². The molecule has 3 heterocycles. The van der Waals surface area contributed by atoms with Gasteiger partial charge >= 0.3 is 0 Å². The topological polar surface area (TPSA) is 54.3 Å². The van der Waals surface area contributed by atoms with Gasteiger partial charge in [0, 0.05) is 57.1 Å². The molecule has 2 aromatic heterocycles. The molecule has 0 atom stereocenters. The number of hydrogen-bond acceptors (Lipinski definition) is 4. The van der Waals surface area contributed by atoms with Gasteiger partial charge in [0.2, 0.25) is 5.91 Å². The second-order valence-corrected chi connectivity index (χ2v) is 6.62. The Morgan fingerprint density at radius 1 is 1.00 bits per heavy atom. The summed E-state index contributed by atoms with van der Waals surface area (Å²) in [4.78, 5) is 16.9. The molecule has 1 aliphatic rings. The summed E-state index contributed by atoms with van der Waals surface area (Å²) in [7, 11) is 0. The number of amides is 1. The lowest BCUT2D eigenvalue weighted by molar-refractivity contribution is -0.131. The maximum Gasteiger partial charge on any atom is 0.224 e.